The molecule has 5 heteroatoms. The first-order chi connectivity index (χ1) is 9.24. The minimum atomic E-state index is -0.189. The Balaban J connectivity index is 1.89. The van der Waals surface area contributed by atoms with Gasteiger partial charge < -0.3 is 9.88 Å². The summed E-state index contributed by atoms with van der Waals surface area (Å²) in [5.74, 6) is 0.347. The highest BCUT2D eigenvalue weighted by Gasteiger charge is 2.09. The number of rotatable bonds is 2. The van der Waals surface area contributed by atoms with Crippen LogP contribution in [0.2, 0.25) is 0 Å². The van der Waals surface area contributed by atoms with E-state index in [-0.39, 0.29) is 5.91 Å². The number of fused-ring (bicyclic) bond motifs is 1. The number of nitrogens with zero attached hydrogens (tertiary/aromatic N) is 3. The molecule has 0 aliphatic heterocycles. The van der Waals surface area contributed by atoms with E-state index in [1.807, 2.05) is 23.7 Å². The molecule has 1 N–H and O–H groups in total. The van der Waals surface area contributed by atoms with Crippen molar-refractivity contribution in [3.05, 3.63) is 54.5 Å². The first kappa shape index (κ1) is 11.4. The third-order valence-corrected chi connectivity index (χ3v) is 2.89. The summed E-state index contributed by atoms with van der Waals surface area (Å²) in [5, 5.41) is 2.75. The molecule has 19 heavy (non-hydrogen) atoms. The molecule has 0 bridgehead atoms. The van der Waals surface area contributed by atoms with Crippen LogP contribution in [0, 0.1) is 0 Å². The second kappa shape index (κ2) is 4.53. The zero-order chi connectivity index (χ0) is 13.2. The summed E-state index contributed by atoms with van der Waals surface area (Å²) < 4.78 is 1.91. The summed E-state index contributed by atoms with van der Waals surface area (Å²) in [7, 11) is 1.92. The molecule has 1 aromatic carbocycles. The summed E-state index contributed by atoms with van der Waals surface area (Å²) in [4.78, 5) is 20.4. The quantitative estimate of drug-likeness (QED) is 0.760. The van der Waals surface area contributed by atoms with Gasteiger partial charge in [0.25, 0.3) is 5.91 Å². The van der Waals surface area contributed by atoms with Crippen LogP contribution in [0.1, 0.15) is 10.4 Å². The van der Waals surface area contributed by atoms with E-state index in [0.29, 0.717) is 11.4 Å². The smallest absolute Gasteiger partial charge is 0.256 e. The monoisotopic (exact) mass is 252 g/mol. The lowest BCUT2D eigenvalue weighted by Gasteiger charge is -2.04. The molecular weight excluding hydrogens is 240 g/mol. The SMILES string of the molecule is Cn1cnc2cc(C(=O)Nc3ccccn3)ccc21. The van der Waals surface area contributed by atoms with Gasteiger partial charge in [-0.05, 0) is 30.3 Å². The molecule has 0 radical (unpaired) electrons. The lowest BCUT2D eigenvalue weighted by atomic mass is 10.2. The molecule has 0 spiro atoms. The zero-order valence-electron chi connectivity index (χ0n) is 10.4. The fourth-order valence-corrected chi connectivity index (χ4v) is 1.90. The van der Waals surface area contributed by atoms with E-state index in [1.165, 1.54) is 0 Å². The highest BCUT2D eigenvalue weighted by molar-refractivity contribution is 6.05. The molecule has 94 valence electrons. The minimum absolute atomic E-state index is 0.189. The fraction of sp³-hybridized carbons (Fsp3) is 0.0714. The van der Waals surface area contributed by atoms with Crippen LogP contribution in [0.5, 0.6) is 0 Å². The third kappa shape index (κ3) is 2.18. The summed E-state index contributed by atoms with van der Waals surface area (Å²) in [6.07, 6.45) is 3.36. The van der Waals surface area contributed by atoms with Crippen molar-refractivity contribution in [3.8, 4) is 0 Å². The number of carbonyl (C=O) groups is 1. The largest absolute Gasteiger partial charge is 0.334 e. The van der Waals surface area contributed by atoms with Gasteiger partial charge in [0.15, 0.2) is 0 Å². The Kier molecular flexibility index (Phi) is 2.72. The van der Waals surface area contributed by atoms with Crippen molar-refractivity contribution in [2.24, 2.45) is 7.05 Å². The van der Waals surface area contributed by atoms with Gasteiger partial charge in [0.1, 0.15) is 5.82 Å². The Bertz CT molecular complexity index is 734. The molecule has 0 atom stereocenters. The van der Waals surface area contributed by atoms with Gasteiger partial charge in [0.2, 0.25) is 0 Å². The molecule has 3 rings (SSSR count). The van der Waals surface area contributed by atoms with Crippen molar-refractivity contribution in [3.63, 3.8) is 0 Å². The summed E-state index contributed by atoms with van der Waals surface area (Å²) in [5.41, 5.74) is 2.36. The Morgan fingerprint density at radius 3 is 2.89 bits per heavy atom. The molecule has 1 amide bonds. The molecule has 0 saturated heterocycles. The minimum Gasteiger partial charge on any atom is -0.334 e. The Morgan fingerprint density at radius 1 is 1.21 bits per heavy atom. The van der Waals surface area contributed by atoms with Gasteiger partial charge in [-0.3, -0.25) is 4.79 Å². The zero-order valence-corrected chi connectivity index (χ0v) is 10.4. The van der Waals surface area contributed by atoms with Crippen LogP contribution in [0.3, 0.4) is 0 Å². The van der Waals surface area contributed by atoms with Crippen molar-refractivity contribution in [2.75, 3.05) is 5.32 Å². The van der Waals surface area contributed by atoms with Crippen molar-refractivity contribution >= 4 is 22.8 Å². The number of imidazole rings is 1. The van der Waals surface area contributed by atoms with Crippen molar-refractivity contribution < 1.29 is 4.79 Å². The molecule has 0 fully saturated rings. The van der Waals surface area contributed by atoms with Gasteiger partial charge in [-0.15, -0.1) is 0 Å². The van der Waals surface area contributed by atoms with Gasteiger partial charge in [-0.1, -0.05) is 6.07 Å². The molecular formula is C14H12N4O. The van der Waals surface area contributed by atoms with Crippen LogP contribution in [-0.4, -0.2) is 20.4 Å². The number of carbonyl (C=O) groups excluding carboxylic acids is 1. The maximum Gasteiger partial charge on any atom is 0.256 e. The number of aromatic nitrogens is 3. The van der Waals surface area contributed by atoms with Gasteiger partial charge in [0.05, 0.1) is 17.4 Å². The number of anilines is 1. The molecule has 5 nitrogen and oxygen atoms in total. The van der Waals surface area contributed by atoms with E-state index >= 15 is 0 Å². The van der Waals surface area contributed by atoms with Crippen molar-refractivity contribution in [2.45, 2.75) is 0 Å². The average molecular weight is 252 g/mol. The topological polar surface area (TPSA) is 59.8 Å². The number of hydrogen-bond donors (Lipinski definition) is 1. The van der Waals surface area contributed by atoms with E-state index in [1.54, 1.807) is 36.8 Å². The van der Waals surface area contributed by atoms with E-state index in [0.717, 1.165) is 11.0 Å². The first-order valence-electron chi connectivity index (χ1n) is 5.87. The first-order valence-corrected chi connectivity index (χ1v) is 5.87. The molecule has 3 aromatic rings. The van der Waals surface area contributed by atoms with Crippen LogP contribution in [0.4, 0.5) is 5.82 Å². The van der Waals surface area contributed by atoms with Crippen LogP contribution in [-0.2, 0) is 7.05 Å². The number of hydrogen-bond acceptors (Lipinski definition) is 3. The summed E-state index contributed by atoms with van der Waals surface area (Å²) in [6, 6.07) is 10.8. The fourth-order valence-electron chi connectivity index (χ4n) is 1.90. The van der Waals surface area contributed by atoms with E-state index in [9.17, 15) is 4.79 Å². The Labute approximate surface area is 109 Å². The van der Waals surface area contributed by atoms with E-state index in [4.69, 9.17) is 0 Å². The Hall–Kier alpha value is -2.69. The van der Waals surface area contributed by atoms with E-state index in [2.05, 4.69) is 15.3 Å². The second-order valence-electron chi connectivity index (χ2n) is 4.23. The standard InChI is InChI=1S/C14H12N4O/c1-18-9-16-11-8-10(5-6-12(11)18)14(19)17-13-4-2-3-7-15-13/h2-9H,1H3,(H,15,17,19). The molecule has 0 saturated carbocycles. The van der Waals surface area contributed by atoms with Gasteiger partial charge in [0, 0.05) is 18.8 Å². The predicted molar refractivity (Wildman–Crippen MR) is 72.9 cm³/mol. The van der Waals surface area contributed by atoms with Crippen LogP contribution in [0.15, 0.2) is 48.9 Å². The Morgan fingerprint density at radius 2 is 2.11 bits per heavy atom. The molecule has 0 unspecified atom stereocenters. The van der Waals surface area contributed by atoms with Crippen molar-refractivity contribution in [1.82, 2.24) is 14.5 Å². The second-order valence-corrected chi connectivity index (χ2v) is 4.23. The number of amides is 1. The predicted octanol–water partition coefficient (Wildman–Crippen LogP) is 2.22. The normalized spacial score (nSPS) is 10.6. The third-order valence-electron chi connectivity index (χ3n) is 2.89. The summed E-state index contributed by atoms with van der Waals surface area (Å²) >= 11 is 0. The lowest BCUT2D eigenvalue weighted by molar-refractivity contribution is 0.102. The highest BCUT2D eigenvalue weighted by atomic mass is 16.1. The van der Waals surface area contributed by atoms with Crippen LogP contribution >= 0.6 is 0 Å². The van der Waals surface area contributed by atoms with Crippen molar-refractivity contribution in [1.29, 1.82) is 0 Å². The highest BCUT2D eigenvalue weighted by Crippen LogP contribution is 2.14. The van der Waals surface area contributed by atoms with E-state index < -0.39 is 0 Å². The molecule has 2 heterocycles. The van der Waals surface area contributed by atoms with Crippen LogP contribution in [0.25, 0.3) is 11.0 Å². The maximum atomic E-state index is 12.1. The van der Waals surface area contributed by atoms with Gasteiger partial charge in [-0.2, -0.15) is 0 Å². The number of nitrogens with one attached hydrogen (secondary N) is 1. The number of aryl methyl sites for hydroxylation is 1. The molecule has 0 aliphatic rings. The number of pyridine rings is 1. The summed E-state index contributed by atoms with van der Waals surface area (Å²) in [6.45, 7) is 0. The number of benzene rings is 1. The average Bonchev–Trinajstić information content (AvgIpc) is 2.81. The van der Waals surface area contributed by atoms with Gasteiger partial charge in [-0.25, -0.2) is 9.97 Å². The molecule has 2 aromatic heterocycles. The maximum absolute atomic E-state index is 12.1. The lowest BCUT2D eigenvalue weighted by Crippen LogP contribution is -2.12. The van der Waals surface area contributed by atoms with Gasteiger partial charge >= 0.3 is 0 Å². The van der Waals surface area contributed by atoms with Crippen LogP contribution < -0.4 is 5.32 Å². The molecule has 0 aliphatic carbocycles.